The molecule has 168 valence electrons. The zero-order chi connectivity index (χ0) is 22.3. The molecule has 0 N–H and O–H groups in total. The number of ether oxygens (including phenoxy) is 1. The molecule has 0 unspecified atom stereocenters. The highest BCUT2D eigenvalue weighted by molar-refractivity contribution is 7.99. The number of rotatable bonds is 6. The van der Waals surface area contributed by atoms with Crippen LogP contribution in [0.3, 0.4) is 0 Å². The lowest BCUT2D eigenvalue weighted by Crippen LogP contribution is -2.35. The van der Waals surface area contributed by atoms with Crippen molar-refractivity contribution in [1.82, 2.24) is 19.7 Å². The minimum absolute atomic E-state index is 0.154. The predicted octanol–water partition coefficient (Wildman–Crippen LogP) is 5.48. The van der Waals surface area contributed by atoms with Gasteiger partial charge in [-0.25, -0.2) is 0 Å². The molecule has 0 aliphatic carbocycles. The summed E-state index contributed by atoms with van der Waals surface area (Å²) in [5.74, 6) is 1.85. The van der Waals surface area contributed by atoms with Gasteiger partial charge in [-0.05, 0) is 49.2 Å². The number of likely N-dealkylation sites (tertiary alicyclic amines) is 1. The third-order valence-electron chi connectivity index (χ3n) is 5.60. The molecule has 4 rings (SSSR count). The highest BCUT2D eigenvalue weighted by Gasteiger charge is 2.21. The molecule has 3 aromatic rings. The van der Waals surface area contributed by atoms with E-state index in [0.29, 0.717) is 27.5 Å². The van der Waals surface area contributed by atoms with E-state index in [1.165, 1.54) is 31.0 Å². The zero-order valence-corrected chi connectivity index (χ0v) is 19.7. The molecule has 1 saturated heterocycles. The Morgan fingerprint density at radius 2 is 1.69 bits per heavy atom. The van der Waals surface area contributed by atoms with Gasteiger partial charge in [0.15, 0.2) is 11.0 Å². The molecule has 0 saturated carbocycles. The summed E-state index contributed by atoms with van der Waals surface area (Å²) in [6, 6.07) is 15.2. The number of aromatic nitrogens is 3. The molecule has 0 atom stereocenters. The Labute approximate surface area is 197 Å². The molecule has 8 heteroatoms. The van der Waals surface area contributed by atoms with E-state index < -0.39 is 0 Å². The molecular weight excluding hydrogens is 444 g/mol. The lowest BCUT2D eigenvalue weighted by atomic mass is 10.1. The maximum Gasteiger partial charge on any atom is 0.233 e. The van der Waals surface area contributed by atoms with Crippen molar-refractivity contribution in [3.63, 3.8) is 0 Å². The van der Waals surface area contributed by atoms with Gasteiger partial charge in [0, 0.05) is 23.8 Å². The van der Waals surface area contributed by atoms with Gasteiger partial charge in [-0.3, -0.25) is 9.36 Å². The third-order valence-corrected chi connectivity index (χ3v) is 6.77. The Morgan fingerprint density at radius 3 is 2.41 bits per heavy atom. The van der Waals surface area contributed by atoms with Gasteiger partial charge < -0.3 is 9.64 Å². The number of carbonyl (C=O) groups excluding carboxylic acids is 1. The van der Waals surface area contributed by atoms with E-state index in [1.807, 2.05) is 58.0 Å². The van der Waals surface area contributed by atoms with Crippen molar-refractivity contribution in [2.24, 2.45) is 0 Å². The average molecular weight is 471 g/mol. The number of halogens is 1. The first-order valence-corrected chi connectivity index (χ1v) is 12.3. The monoisotopic (exact) mass is 470 g/mol. The molecular formula is C24H27ClN4O2S. The van der Waals surface area contributed by atoms with Crippen molar-refractivity contribution >= 4 is 29.3 Å². The molecule has 0 bridgehead atoms. The summed E-state index contributed by atoms with van der Waals surface area (Å²) in [4.78, 5) is 14.9. The van der Waals surface area contributed by atoms with Gasteiger partial charge in [0.1, 0.15) is 5.75 Å². The van der Waals surface area contributed by atoms with Crippen LogP contribution in [0.5, 0.6) is 5.75 Å². The fraction of sp³-hybridized carbons (Fsp3) is 0.375. The SMILES string of the molecule is COc1ccccc1-c1nnc(SCC(=O)N2CCCCCCC2)n1-c1ccc(Cl)cc1. The number of thioether (sulfide) groups is 1. The number of nitrogens with zero attached hydrogens (tertiary/aromatic N) is 4. The van der Waals surface area contributed by atoms with Crippen LogP contribution in [0, 0.1) is 0 Å². The van der Waals surface area contributed by atoms with Crippen LogP contribution >= 0.6 is 23.4 Å². The molecule has 1 aromatic heterocycles. The van der Waals surface area contributed by atoms with Gasteiger partial charge in [0.25, 0.3) is 0 Å². The Bertz CT molecular complexity index is 1050. The second kappa shape index (κ2) is 10.9. The lowest BCUT2D eigenvalue weighted by Gasteiger charge is -2.24. The Hall–Kier alpha value is -2.51. The standard InChI is InChI=1S/C24H27ClN4O2S/c1-31-21-10-6-5-9-20(21)23-26-27-24(29(23)19-13-11-18(25)12-14-19)32-17-22(30)28-15-7-3-2-4-8-16-28/h5-6,9-14H,2-4,7-8,15-17H2,1H3. The number of amides is 1. The van der Waals surface area contributed by atoms with Crippen molar-refractivity contribution in [2.45, 2.75) is 37.3 Å². The minimum atomic E-state index is 0.154. The van der Waals surface area contributed by atoms with E-state index >= 15 is 0 Å². The third kappa shape index (κ3) is 5.27. The Morgan fingerprint density at radius 1 is 1.00 bits per heavy atom. The van der Waals surface area contributed by atoms with Crippen LogP contribution < -0.4 is 4.74 Å². The van der Waals surface area contributed by atoms with Crippen LogP contribution in [0.1, 0.15) is 32.1 Å². The van der Waals surface area contributed by atoms with Crippen LogP contribution in [0.25, 0.3) is 17.1 Å². The number of benzene rings is 2. The highest BCUT2D eigenvalue weighted by atomic mass is 35.5. The first-order chi connectivity index (χ1) is 15.7. The quantitative estimate of drug-likeness (QED) is 0.446. The van der Waals surface area contributed by atoms with Crippen molar-refractivity contribution in [1.29, 1.82) is 0 Å². The van der Waals surface area contributed by atoms with E-state index in [4.69, 9.17) is 16.3 Å². The average Bonchev–Trinajstić information content (AvgIpc) is 3.21. The Balaban J connectivity index is 1.62. The summed E-state index contributed by atoms with van der Waals surface area (Å²) in [5.41, 5.74) is 1.71. The first kappa shape index (κ1) is 22.7. The van der Waals surface area contributed by atoms with Crippen LogP contribution in [0.4, 0.5) is 0 Å². The molecule has 2 heterocycles. The lowest BCUT2D eigenvalue weighted by molar-refractivity contribution is -0.128. The number of para-hydroxylation sites is 1. The highest BCUT2D eigenvalue weighted by Crippen LogP contribution is 2.33. The van der Waals surface area contributed by atoms with Crippen LogP contribution in [0.15, 0.2) is 53.7 Å². The fourth-order valence-electron chi connectivity index (χ4n) is 3.90. The van der Waals surface area contributed by atoms with Crippen molar-refractivity contribution in [3.05, 3.63) is 53.6 Å². The Kier molecular flexibility index (Phi) is 7.71. The molecule has 2 aromatic carbocycles. The van der Waals surface area contributed by atoms with Crippen LogP contribution in [-0.2, 0) is 4.79 Å². The topological polar surface area (TPSA) is 60.3 Å². The molecule has 6 nitrogen and oxygen atoms in total. The maximum atomic E-state index is 12.9. The molecule has 0 spiro atoms. The molecule has 0 radical (unpaired) electrons. The van der Waals surface area contributed by atoms with Crippen LogP contribution in [0.2, 0.25) is 5.02 Å². The van der Waals surface area contributed by atoms with E-state index in [-0.39, 0.29) is 5.91 Å². The maximum absolute atomic E-state index is 12.9. The predicted molar refractivity (Wildman–Crippen MR) is 129 cm³/mol. The fourth-order valence-corrected chi connectivity index (χ4v) is 4.89. The van der Waals surface area contributed by atoms with E-state index in [9.17, 15) is 4.79 Å². The first-order valence-electron chi connectivity index (χ1n) is 10.9. The van der Waals surface area contributed by atoms with E-state index in [2.05, 4.69) is 10.2 Å². The molecule has 1 fully saturated rings. The number of carbonyl (C=O) groups is 1. The largest absolute Gasteiger partial charge is 0.496 e. The second-order valence-electron chi connectivity index (χ2n) is 7.76. The normalized spacial score (nSPS) is 14.6. The summed E-state index contributed by atoms with van der Waals surface area (Å²) in [5, 5.41) is 10.2. The zero-order valence-electron chi connectivity index (χ0n) is 18.2. The number of methoxy groups -OCH3 is 1. The second-order valence-corrected chi connectivity index (χ2v) is 9.13. The summed E-state index contributed by atoms with van der Waals surface area (Å²) in [7, 11) is 1.64. The van der Waals surface area contributed by atoms with Gasteiger partial charge >= 0.3 is 0 Å². The van der Waals surface area contributed by atoms with Crippen LogP contribution in [-0.4, -0.2) is 51.5 Å². The van der Waals surface area contributed by atoms with E-state index in [1.54, 1.807) is 7.11 Å². The van der Waals surface area contributed by atoms with E-state index in [0.717, 1.165) is 37.2 Å². The number of hydrogen-bond acceptors (Lipinski definition) is 5. The summed E-state index contributed by atoms with van der Waals surface area (Å²) in [6.45, 7) is 1.69. The van der Waals surface area contributed by atoms with Gasteiger partial charge in [0.2, 0.25) is 5.91 Å². The number of hydrogen-bond donors (Lipinski definition) is 0. The van der Waals surface area contributed by atoms with Gasteiger partial charge in [-0.15, -0.1) is 10.2 Å². The van der Waals surface area contributed by atoms with Gasteiger partial charge in [-0.2, -0.15) is 0 Å². The smallest absolute Gasteiger partial charge is 0.233 e. The van der Waals surface area contributed by atoms with Crippen molar-refractivity contribution in [3.8, 4) is 22.8 Å². The van der Waals surface area contributed by atoms with Gasteiger partial charge in [-0.1, -0.05) is 54.8 Å². The van der Waals surface area contributed by atoms with Gasteiger partial charge in [0.05, 0.1) is 18.4 Å². The van der Waals surface area contributed by atoms with Crippen molar-refractivity contribution in [2.75, 3.05) is 26.0 Å². The minimum Gasteiger partial charge on any atom is -0.496 e. The summed E-state index contributed by atoms with van der Waals surface area (Å²) >= 11 is 7.53. The van der Waals surface area contributed by atoms with Crippen molar-refractivity contribution < 1.29 is 9.53 Å². The summed E-state index contributed by atoms with van der Waals surface area (Å²) < 4.78 is 7.51. The molecule has 1 aliphatic rings. The molecule has 1 aliphatic heterocycles. The summed E-state index contributed by atoms with van der Waals surface area (Å²) in [6.07, 6.45) is 5.82. The molecule has 1 amide bonds. The molecule has 32 heavy (non-hydrogen) atoms.